The first kappa shape index (κ1) is 23.1. The van der Waals surface area contributed by atoms with Gasteiger partial charge in [-0.15, -0.1) is 0 Å². The predicted molar refractivity (Wildman–Crippen MR) is 132 cm³/mol. The highest BCUT2D eigenvalue weighted by molar-refractivity contribution is 6.31. The number of ether oxygens (including phenoxy) is 5. The molecule has 0 saturated carbocycles. The number of Topliss-reactive ketones (excluding diaryl/α,β-unsaturated/α-hetero) is 1. The van der Waals surface area contributed by atoms with Crippen LogP contribution in [0.4, 0.5) is 0 Å². The van der Waals surface area contributed by atoms with Gasteiger partial charge in [0.25, 0.3) is 0 Å². The minimum absolute atomic E-state index is 0.196. The van der Waals surface area contributed by atoms with Crippen molar-refractivity contribution >= 4 is 23.5 Å². The summed E-state index contributed by atoms with van der Waals surface area (Å²) in [7, 11) is 4.65. The summed E-state index contributed by atoms with van der Waals surface area (Å²) in [6.07, 6.45) is 1.65. The highest BCUT2D eigenvalue weighted by Crippen LogP contribution is 2.43. The molecule has 2 heterocycles. The molecule has 0 aromatic heterocycles. The van der Waals surface area contributed by atoms with Gasteiger partial charge in [0.05, 0.1) is 32.5 Å². The van der Waals surface area contributed by atoms with Crippen molar-refractivity contribution in [2.75, 3.05) is 28.1 Å². The van der Waals surface area contributed by atoms with Gasteiger partial charge >= 0.3 is 0 Å². The largest absolute Gasteiger partial charge is 0.496 e. The van der Waals surface area contributed by atoms with Crippen LogP contribution >= 0.6 is 11.6 Å². The summed E-state index contributed by atoms with van der Waals surface area (Å²) >= 11 is 6.35. The minimum atomic E-state index is -0.206. The molecule has 3 aromatic rings. The second kappa shape index (κ2) is 9.52. The number of carbonyl (C=O) groups is 1. The lowest BCUT2D eigenvalue weighted by Crippen LogP contribution is -2.31. The summed E-state index contributed by atoms with van der Waals surface area (Å²) in [4.78, 5) is 15.3. The lowest BCUT2D eigenvalue weighted by atomic mass is 10.0. The van der Waals surface area contributed by atoms with Crippen LogP contribution < -0.4 is 23.7 Å². The van der Waals surface area contributed by atoms with Gasteiger partial charge < -0.3 is 23.7 Å². The Morgan fingerprint density at radius 1 is 1.00 bits per heavy atom. The van der Waals surface area contributed by atoms with Crippen molar-refractivity contribution in [1.29, 1.82) is 0 Å². The number of hydrogen-bond acceptors (Lipinski definition) is 7. The first-order chi connectivity index (χ1) is 17.0. The van der Waals surface area contributed by atoms with Crippen molar-refractivity contribution in [1.82, 2.24) is 4.90 Å². The Kier molecular flexibility index (Phi) is 6.28. The maximum absolute atomic E-state index is 13.2. The van der Waals surface area contributed by atoms with E-state index in [-0.39, 0.29) is 11.5 Å². The number of methoxy groups -OCH3 is 3. The van der Waals surface area contributed by atoms with Crippen LogP contribution in [-0.4, -0.2) is 38.7 Å². The van der Waals surface area contributed by atoms with Gasteiger partial charge in [-0.1, -0.05) is 29.8 Å². The highest BCUT2D eigenvalue weighted by atomic mass is 35.5. The average molecular weight is 494 g/mol. The Morgan fingerprint density at radius 2 is 1.74 bits per heavy atom. The van der Waals surface area contributed by atoms with E-state index in [0.717, 1.165) is 11.1 Å². The molecule has 0 amide bonds. The molecule has 0 aliphatic carbocycles. The topological polar surface area (TPSA) is 66.5 Å². The maximum atomic E-state index is 13.2. The number of carbonyl (C=O) groups excluding carboxylic acids is 1. The van der Waals surface area contributed by atoms with Gasteiger partial charge in [0, 0.05) is 29.7 Å². The number of ketones is 1. The summed E-state index contributed by atoms with van der Waals surface area (Å²) in [5, 5.41) is 0.706. The fraction of sp³-hybridized carbons (Fsp3) is 0.222. The molecule has 8 heteroatoms. The van der Waals surface area contributed by atoms with E-state index in [9.17, 15) is 4.79 Å². The quantitative estimate of drug-likeness (QED) is 0.430. The fourth-order valence-electron chi connectivity index (χ4n) is 4.28. The molecule has 2 aliphatic rings. The van der Waals surface area contributed by atoms with Crippen molar-refractivity contribution < 1.29 is 28.5 Å². The molecule has 5 rings (SSSR count). The van der Waals surface area contributed by atoms with Crippen LogP contribution in [0.3, 0.4) is 0 Å². The molecule has 0 fully saturated rings. The Morgan fingerprint density at radius 3 is 2.49 bits per heavy atom. The third-order valence-electron chi connectivity index (χ3n) is 6.06. The molecule has 0 N–H and O–H groups in total. The summed E-state index contributed by atoms with van der Waals surface area (Å²) in [6, 6.07) is 14.7. The normalized spacial score (nSPS) is 15.8. The molecule has 0 spiro atoms. The Hall–Kier alpha value is -3.68. The molecule has 0 unspecified atom stereocenters. The molecule has 2 aliphatic heterocycles. The number of hydrogen-bond donors (Lipinski definition) is 0. The minimum Gasteiger partial charge on any atom is -0.496 e. The number of allylic oxidation sites excluding steroid dienone is 1. The third-order valence-corrected chi connectivity index (χ3v) is 6.43. The number of benzene rings is 3. The highest BCUT2D eigenvalue weighted by Gasteiger charge is 2.34. The SMILES string of the molecule is COc1cc(OC)c(OC)cc1/C=C1\Oc2c(ccc3c2CN(Cc2ccccc2Cl)CO3)C1=O. The fourth-order valence-corrected chi connectivity index (χ4v) is 4.48. The second-order valence-corrected chi connectivity index (χ2v) is 8.57. The second-order valence-electron chi connectivity index (χ2n) is 8.16. The number of fused-ring (bicyclic) bond motifs is 3. The number of nitrogens with zero attached hydrogens (tertiary/aromatic N) is 1. The van der Waals surface area contributed by atoms with E-state index in [2.05, 4.69) is 4.90 Å². The molecular weight excluding hydrogens is 470 g/mol. The molecule has 3 aromatic carbocycles. The first-order valence-electron chi connectivity index (χ1n) is 11.0. The van der Waals surface area contributed by atoms with Crippen LogP contribution in [0.25, 0.3) is 6.08 Å². The molecule has 0 atom stereocenters. The van der Waals surface area contributed by atoms with Gasteiger partial charge in [0.2, 0.25) is 5.78 Å². The van der Waals surface area contributed by atoms with E-state index in [0.29, 0.717) is 64.7 Å². The third kappa shape index (κ3) is 4.29. The van der Waals surface area contributed by atoms with E-state index in [1.54, 1.807) is 45.6 Å². The van der Waals surface area contributed by atoms with Gasteiger partial charge in [0.1, 0.15) is 24.0 Å². The Labute approximate surface area is 208 Å². The van der Waals surface area contributed by atoms with Gasteiger partial charge in [-0.2, -0.15) is 0 Å². The van der Waals surface area contributed by atoms with E-state index in [1.165, 1.54) is 0 Å². The van der Waals surface area contributed by atoms with Gasteiger partial charge in [-0.05, 0) is 35.9 Å². The standard InChI is InChI=1S/C27H24ClNO6/c1-31-22-12-24(33-3)23(32-2)10-17(22)11-25-26(30)18-8-9-21-19(27(18)35-25)14-29(15-34-21)13-16-6-4-5-7-20(16)28/h4-12H,13-15H2,1-3H3/b25-11-. The van der Waals surface area contributed by atoms with Crippen LogP contribution in [-0.2, 0) is 13.1 Å². The lowest BCUT2D eigenvalue weighted by molar-refractivity contribution is 0.0873. The lowest BCUT2D eigenvalue weighted by Gasteiger charge is -2.30. The van der Waals surface area contributed by atoms with Crippen molar-refractivity contribution in [2.24, 2.45) is 0 Å². The Bertz CT molecular complexity index is 1340. The zero-order valence-electron chi connectivity index (χ0n) is 19.6. The summed E-state index contributed by atoms with van der Waals surface area (Å²) in [5.74, 6) is 2.78. The van der Waals surface area contributed by atoms with E-state index < -0.39 is 0 Å². The van der Waals surface area contributed by atoms with Crippen molar-refractivity contribution in [3.8, 4) is 28.7 Å². The molecule has 0 bridgehead atoms. The molecule has 180 valence electrons. The predicted octanol–water partition coefficient (Wildman–Crippen LogP) is 5.33. The first-order valence-corrected chi connectivity index (χ1v) is 11.4. The van der Waals surface area contributed by atoms with Crippen LogP contribution in [0.1, 0.15) is 27.0 Å². The average Bonchev–Trinajstić information content (AvgIpc) is 3.20. The van der Waals surface area contributed by atoms with E-state index >= 15 is 0 Å². The van der Waals surface area contributed by atoms with Gasteiger partial charge in [0.15, 0.2) is 17.3 Å². The van der Waals surface area contributed by atoms with Crippen LogP contribution in [0, 0.1) is 0 Å². The molecular formula is C27H24ClNO6. The zero-order chi connectivity index (χ0) is 24.5. The van der Waals surface area contributed by atoms with Crippen molar-refractivity contribution in [3.63, 3.8) is 0 Å². The molecule has 35 heavy (non-hydrogen) atoms. The van der Waals surface area contributed by atoms with Gasteiger partial charge in [-0.25, -0.2) is 0 Å². The monoisotopic (exact) mass is 493 g/mol. The van der Waals surface area contributed by atoms with E-state index in [4.69, 9.17) is 35.3 Å². The van der Waals surface area contributed by atoms with Crippen molar-refractivity contribution in [3.05, 3.63) is 81.6 Å². The number of rotatable bonds is 6. The molecule has 0 saturated heterocycles. The Balaban J connectivity index is 1.46. The van der Waals surface area contributed by atoms with Crippen LogP contribution in [0.5, 0.6) is 28.7 Å². The zero-order valence-corrected chi connectivity index (χ0v) is 20.3. The van der Waals surface area contributed by atoms with E-state index in [1.807, 2.05) is 30.3 Å². The van der Waals surface area contributed by atoms with Crippen LogP contribution in [0.2, 0.25) is 5.02 Å². The maximum Gasteiger partial charge on any atom is 0.231 e. The van der Waals surface area contributed by atoms with Crippen LogP contribution in [0.15, 0.2) is 54.3 Å². The summed E-state index contributed by atoms with van der Waals surface area (Å²) < 4.78 is 28.4. The van der Waals surface area contributed by atoms with Gasteiger partial charge in [-0.3, -0.25) is 9.69 Å². The van der Waals surface area contributed by atoms with Crippen molar-refractivity contribution in [2.45, 2.75) is 13.1 Å². The number of halogens is 1. The molecule has 7 nitrogen and oxygen atoms in total. The summed E-state index contributed by atoms with van der Waals surface area (Å²) in [6.45, 7) is 1.59. The molecule has 0 radical (unpaired) electrons. The smallest absolute Gasteiger partial charge is 0.231 e. The summed E-state index contributed by atoms with van der Waals surface area (Å²) in [5.41, 5.74) is 2.97.